The lowest BCUT2D eigenvalue weighted by molar-refractivity contribution is 0.0526. The Hall–Kier alpha value is -2.10. The quantitative estimate of drug-likeness (QED) is 0.779. The molecule has 4 nitrogen and oxygen atoms in total. The van der Waals surface area contributed by atoms with Crippen LogP contribution in [0.25, 0.3) is 11.3 Å². The molecule has 0 bridgehead atoms. The van der Waals surface area contributed by atoms with Crippen LogP contribution >= 0.6 is 0 Å². The summed E-state index contributed by atoms with van der Waals surface area (Å²) in [4.78, 5) is 11.9. The fourth-order valence-electron chi connectivity index (χ4n) is 1.72. The zero-order chi connectivity index (χ0) is 13.1. The topological polar surface area (TPSA) is 52.3 Å². The van der Waals surface area contributed by atoms with Crippen molar-refractivity contribution in [3.05, 3.63) is 41.1 Å². The summed E-state index contributed by atoms with van der Waals surface area (Å²) in [5.74, 6) is 0.0674. The van der Waals surface area contributed by atoms with Crippen LogP contribution < -0.4 is 0 Å². The minimum atomic E-state index is -0.396. The molecule has 0 aliphatic heterocycles. The van der Waals surface area contributed by atoms with Crippen LogP contribution in [0.5, 0.6) is 0 Å². The van der Waals surface area contributed by atoms with E-state index in [2.05, 4.69) is 5.16 Å². The van der Waals surface area contributed by atoms with Gasteiger partial charge in [-0.3, -0.25) is 0 Å². The molecule has 0 saturated heterocycles. The number of carbonyl (C=O) groups excluding carboxylic acids is 1. The van der Waals surface area contributed by atoms with E-state index in [1.807, 2.05) is 31.2 Å². The molecule has 18 heavy (non-hydrogen) atoms. The monoisotopic (exact) mass is 245 g/mol. The molecule has 0 aliphatic rings. The second-order valence-corrected chi connectivity index (χ2v) is 4.06. The van der Waals surface area contributed by atoms with Crippen molar-refractivity contribution in [3.8, 4) is 11.3 Å². The van der Waals surface area contributed by atoms with Gasteiger partial charge in [-0.25, -0.2) is 4.79 Å². The van der Waals surface area contributed by atoms with Crippen LogP contribution in [0.1, 0.15) is 28.5 Å². The van der Waals surface area contributed by atoms with E-state index in [0.29, 0.717) is 23.6 Å². The largest absolute Gasteiger partial charge is 0.462 e. The molecule has 2 aromatic rings. The third-order valence-corrected chi connectivity index (χ3v) is 2.66. The van der Waals surface area contributed by atoms with E-state index in [0.717, 1.165) is 11.1 Å². The molecule has 0 atom stereocenters. The molecule has 0 fully saturated rings. The Morgan fingerprint density at radius 2 is 1.94 bits per heavy atom. The Bertz CT molecular complexity index is 555. The number of aryl methyl sites for hydroxylation is 2. The van der Waals surface area contributed by atoms with Crippen molar-refractivity contribution in [2.45, 2.75) is 20.8 Å². The zero-order valence-electron chi connectivity index (χ0n) is 10.7. The summed E-state index contributed by atoms with van der Waals surface area (Å²) in [5.41, 5.74) is 2.92. The van der Waals surface area contributed by atoms with E-state index in [4.69, 9.17) is 9.26 Å². The third kappa shape index (κ3) is 2.27. The minimum absolute atomic E-state index is 0.330. The van der Waals surface area contributed by atoms with Crippen molar-refractivity contribution in [1.82, 2.24) is 5.16 Å². The van der Waals surface area contributed by atoms with Crippen molar-refractivity contribution in [2.75, 3.05) is 6.61 Å². The first-order valence-electron chi connectivity index (χ1n) is 5.84. The summed E-state index contributed by atoms with van der Waals surface area (Å²) in [6.07, 6.45) is 0. The standard InChI is InChI=1S/C14H15NO3/c1-4-17-14(16)12-10(3)15-18-13(12)11-7-5-9(2)6-8-11/h5-8H,4H2,1-3H3. The maximum absolute atomic E-state index is 11.9. The minimum Gasteiger partial charge on any atom is -0.462 e. The van der Waals surface area contributed by atoms with Crippen molar-refractivity contribution < 1.29 is 14.1 Å². The predicted molar refractivity (Wildman–Crippen MR) is 67.4 cm³/mol. The van der Waals surface area contributed by atoms with E-state index < -0.39 is 5.97 Å². The highest BCUT2D eigenvalue weighted by atomic mass is 16.5. The first-order chi connectivity index (χ1) is 8.63. The molecule has 0 saturated carbocycles. The highest BCUT2D eigenvalue weighted by Gasteiger charge is 2.22. The number of aromatic nitrogens is 1. The Labute approximate surface area is 106 Å². The summed E-state index contributed by atoms with van der Waals surface area (Å²) in [7, 11) is 0. The van der Waals surface area contributed by atoms with E-state index >= 15 is 0 Å². The van der Waals surface area contributed by atoms with Gasteiger partial charge in [0.2, 0.25) is 0 Å². The third-order valence-electron chi connectivity index (χ3n) is 2.66. The summed E-state index contributed by atoms with van der Waals surface area (Å²) in [6, 6.07) is 7.72. The molecule has 0 radical (unpaired) electrons. The van der Waals surface area contributed by atoms with Gasteiger partial charge >= 0.3 is 5.97 Å². The van der Waals surface area contributed by atoms with Crippen LogP contribution in [0.15, 0.2) is 28.8 Å². The van der Waals surface area contributed by atoms with E-state index in [1.165, 1.54) is 0 Å². The van der Waals surface area contributed by atoms with Crippen LogP contribution in [0.4, 0.5) is 0 Å². The lowest BCUT2D eigenvalue weighted by Crippen LogP contribution is -2.06. The van der Waals surface area contributed by atoms with Crippen molar-refractivity contribution in [1.29, 1.82) is 0 Å². The van der Waals surface area contributed by atoms with E-state index in [9.17, 15) is 4.79 Å². The summed E-state index contributed by atoms with van der Waals surface area (Å²) >= 11 is 0. The van der Waals surface area contributed by atoms with Crippen LogP contribution in [0.3, 0.4) is 0 Å². The lowest BCUT2D eigenvalue weighted by atomic mass is 10.1. The molecule has 0 aliphatic carbocycles. The van der Waals surface area contributed by atoms with Crippen molar-refractivity contribution in [2.24, 2.45) is 0 Å². The van der Waals surface area contributed by atoms with Gasteiger partial charge in [0.1, 0.15) is 5.56 Å². The number of esters is 1. The average molecular weight is 245 g/mol. The SMILES string of the molecule is CCOC(=O)c1c(C)noc1-c1ccc(C)cc1. The van der Waals surface area contributed by atoms with Gasteiger partial charge in [-0.15, -0.1) is 0 Å². The Kier molecular flexibility index (Phi) is 3.46. The molecule has 1 aromatic carbocycles. The number of hydrogen-bond acceptors (Lipinski definition) is 4. The Balaban J connectivity index is 2.45. The van der Waals surface area contributed by atoms with Crippen LogP contribution in [0.2, 0.25) is 0 Å². The van der Waals surface area contributed by atoms with Crippen molar-refractivity contribution >= 4 is 5.97 Å². The molecule has 94 valence electrons. The van der Waals surface area contributed by atoms with Gasteiger partial charge in [0.25, 0.3) is 0 Å². The summed E-state index contributed by atoms with van der Waals surface area (Å²) < 4.78 is 10.3. The zero-order valence-corrected chi connectivity index (χ0v) is 10.7. The van der Waals surface area contributed by atoms with Gasteiger partial charge < -0.3 is 9.26 Å². The Morgan fingerprint density at radius 3 is 2.56 bits per heavy atom. The van der Waals surface area contributed by atoms with Gasteiger partial charge in [-0.05, 0) is 20.8 Å². The Morgan fingerprint density at radius 1 is 1.28 bits per heavy atom. The summed E-state index contributed by atoms with van der Waals surface area (Å²) in [6.45, 7) is 5.83. The molecular formula is C14H15NO3. The number of benzene rings is 1. The second kappa shape index (κ2) is 5.04. The second-order valence-electron chi connectivity index (χ2n) is 4.06. The smallest absolute Gasteiger partial charge is 0.344 e. The molecule has 4 heteroatoms. The van der Waals surface area contributed by atoms with Gasteiger partial charge in [-0.2, -0.15) is 0 Å². The van der Waals surface area contributed by atoms with Gasteiger partial charge in [0, 0.05) is 5.56 Å². The van der Waals surface area contributed by atoms with E-state index in [-0.39, 0.29) is 0 Å². The maximum atomic E-state index is 11.9. The molecule has 1 heterocycles. The van der Waals surface area contributed by atoms with Crippen LogP contribution in [-0.4, -0.2) is 17.7 Å². The van der Waals surface area contributed by atoms with Gasteiger partial charge in [-0.1, -0.05) is 35.0 Å². The van der Waals surface area contributed by atoms with E-state index in [1.54, 1.807) is 13.8 Å². The first-order valence-corrected chi connectivity index (χ1v) is 5.84. The molecule has 1 aromatic heterocycles. The molecule has 0 N–H and O–H groups in total. The maximum Gasteiger partial charge on any atom is 0.344 e. The number of rotatable bonds is 3. The summed E-state index contributed by atoms with van der Waals surface area (Å²) in [5, 5.41) is 3.84. The van der Waals surface area contributed by atoms with Crippen LogP contribution in [-0.2, 0) is 4.74 Å². The molecule has 0 unspecified atom stereocenters. The molecule has 0 amide bonds. The normalized spacial score (nSPS) is 10.4. The van der Waals surface area contributed by atoms with Crippen molar-refractivity contribution in [3.63, 3.8) is 0 Å². The highest BCUT2D eigenvalue weighted by Crippen LogP contribution is 2.27. The average Bonchev–Trinajstić information content (AvgIpc) is 2.72. The first kappa shape index (κ1) is 12.4. The number of ether oxygens (including phenoxy) is 1. The highest BCUT2D eigenvalue weighted by molar-refractivity contribution is 5.96. The molecular weight excluding hydrogens is 230 g/mol. The fraction of sp³-hybridized carbons (Fsp3) is 0.286. The number of nitrogens with zero attached hydrogens (tertiary/aromatic N) is 1. The van der Waals surface area contributed by atoms with Gasteiger partial charge in [0.15, 0.2) is 5.76 Å². The number of hydrogen-bond donors (Lipinski definition) is 0. The fourth-order valence-corrected chi connectivity index (χ4v) is 1.72. The number of carbonyl (C=O) groups is 1. The lowest BCUT2D eigenvalue weighted by Gasteiger charge is -2.02. The predicted octanol–water partition coefficient (Wildman–Crippen LogP) is 3.14. The molecule has 0 spiro atoms. The molecule has 2 rings (SSSR count). The van der Waals surface area contributed by atoms with Gasteiger partial charge in [0.05, 0.1) is 12.3 Å². The van der Waals surface area contributed by atoms with Crippen LogP contribution in [0, 0.1) is 13.8 Å².